The molecule has 3 amide bonds. The average Bonchev–Trinajstić information content (AvgIpc) is 2.94. The number of carbonyl (C=O) groups is 2. The van der Waals surface area contributed by atoms with Gasteiger partial charge in [0.15, 0.2) is 17.4 Å². The maximum Gasteiger partial charge on any atom is 0.325 e. The van der Waals surface area contributed by atoms with Crippen LogP contribution in [-0.2, 0) is 11.3 Å². The van der Waals surface area contributed by atoms with Crippen LogP contribution in [0.4, 0.5) is 4.79 Å². The molecule has 1 aromatic carbocycles. The van der Waals surface area contributed by atoms with Gasteiger partial charge in [0.1, 0.15) is 0 Å². The molecule has 1 aromatic rings. The molecule has 0 aliphatic carbocycles. The van der Waals surface area contributed by atoms with Crippen LogP contribution in [0.5, 0.6) is 0 Å². The Morgan fingerprint density at radius 1 is 1.36 bits per heavy atom. The van der Waals surface area contributed by atoms with Crippen molar-refractivity contribution in [1.29, 1.82) is 0 Å². The minimum atomic E-state index is -0.537. The number of halogens is 2. The first-order chi connectivity index (χ1) is 12.0. The second-order valence-corrected chi connectivity index (χ2v) is 8.05. The summed E-state index contributed by atoms with van der Waals surface area (Å²) in [6.45, 7) is 0.469. The number of alkyl halides is 1. The van der Waals surface area contributed by atoms with Gasteiger partial charge in [-0.05, 0) is 18.1 Å². The summed E-state index contributed by atoms with van der Waals surface area (Å²) in [5.74, 6) is 0.557. The minimum Gasteiger partial charge on any atom is -0.331 e. The normalized spacial score (nSPS) is 22.8. The molecule has 0 bridgehead atoms. The number of hydrogen-bond acceptors (Lipinski definition) is 5. The van der Waals surface area contributed by atoms with E-state index in [2.05, 4.69) is 26.2 Å². The van der Waals surface area contributed by atoms with Crippen molar-refractivity contribution in [2.45, 2.75) is 25.2 Å². The van der Waals surface area contributed by atoms with Crippen molar-refractivity contribution in [3.05, 3.63) is 34.9 Å². The van der Waals surface area contributed by atoms with Gasteiger partial charge in [-0.25, -0.2) is 9.79 Å². The fourth-order valence-corrected chi connectivity index (χ4v) is 4.66. The molecule has 1 N–H and O–H groups in total. The van der Waals surface area contributed by atoms with E-state index in [9.17, 15) is 9.59 Å². The third kappa shape index (κ3) is 3.80. The maximum absolute atomic E-state index is 12.5. The highest BCUT2D eigenvalue weighted by Gasteiger charge is 2.48. The van der Waals surface area contributed by atoms with Gasteiger partial charge in [-0.3, -0.25) is 10.1 Å². The molecular formula is C16H18BrClN4O2S. The van der Waals surface area contributed by atoms with Crippen LogP contribution in [0.25, 0.3) is 0 Å². The summed E-state index contributed by atoms with van der Waals surface area (Å²) in [6.07, 6.45) is 0.482. The molecule has 3 rings (SSSR count). The maximum atomic E-state index is 12.5. The number of nitrogens with zero attached hydrogens (tertiary/aromatic N) is 3. The molecule has 2 aliphatic heterocycles. The first-order valence-corrected chi connectivity index (χ1v) is 10.4. The van der Waals surface area contributed by atoms with Gasteiger partial charge in [-0.2, -0.15) is 0 Å². The second-order valence-electron chi connectivity index (χ2n) is 5.79. The third-order valence-corrected chi connectivity index (χ3v) is 6.15. The van der Waals surface area contributed by atoms with Crippen LogP contribution in [0.1, 0.15) is 12.0 Å². The van der Waals surface area contributed by atoms with Crippen molar-refractivity contribution in [2.24, 2.45) is 4.99 Å². The largest absolute Gasteiger partial charge is 0.331 e. The van der Waals surface area contributed by atoms with Crippen molar-refractivity contribution < 1.29 is 9.59 Å². The molecule has 0 radical (unpaired) electrons. The van der Waals surface area contributed by atoms with Crippen molar-refractivity contribution in [3.63, 3.8) is 0 Å². The topological polar surface area (TPSA) is 65.0 Å². The Kier molecular flexibility index (Phi) is 5.91. The van der Waals surface area contributed by atoms with Crippen molar-refractivity contribution in [3.8, 4) is 0 Å². The summed E-state index contributed by atoms with van der Waals surface area (Å²) >= 11 is 11.3. The fourth-order valence-electron chi connectivity index (χ4n) is 2.82. The van der Waals surface area contributed by atoms with Crippen LogP contribution in [-0.4, -0.2) is 57.2 Å². The van der Waals surface area contributed by atoms with Crippen LogP contribution in [0.3, 0.4) is 0 Å². The molecule has 134 valence electrons. The van der Waals surface area contributed by atoms with E-state index in [1.54, 1.807) is 18.8 Å². The predicted molar refractivity (Wildman–Crippen MR) is 104 cm³/mol. The summed E-state index contributed by atoms with van der Waals surface area (Å²) in [4.78, 5) is 32.5. The number of rotatable bonds is 5. The number of imide groups is 1. The highest BCUT2D eigenvalue weighted by Crippen LogP contribution is 2.31. The Hall–Kier alpha value is -1.25. The van der Waals surface area contributed by atoms with Gasteiger partial charge >= 0.3 is 6.03 Å². The van der Waals surface area contributed by atoms with Crippen LogP contribution in [0, 0.1) is 0 Å². The highest BCUT2D eigenvalue weighted by molar-refractivity contribution is 9.09. The lowest BCUT2D eigenvalue weighted by atomic mass is 10.1. The Bertz CT molecular complexity index is 717. The quantitative estimate of drug-likeness (QED) is 0.559. The summed E-state index contributed by atoms with van der Waals surface area (Å²) in [7, 11) is 1.66. The minimum absolute atomic E-state index is 0.319. The standard InChI is InChI=1S/C16H18BrClN4O2S/c1-21-13-12(14(23)20-15(21)24)22(16(19-13)25-8-4-7-17)9-10-5-2-3-6-11(10)18/h2-3,5-6,12-13H,4,7-9H2,1H3,(H,20,23,24). The van der Waals surface area contributed by atoms with E-state index in [0.29, 0.717) is 11.6 Å². The number of hydrogen-bond donors (Lipinski definition) is 1. The van der Waals surface area contributed by atoms with Crippen LogP contribution >= 0.6 is 39.3 Å². The average molecular weight is 446 g/mol. The van der Waals surface area contributed by atoms with Gasteiger partial charge in [-0.15, -0.1) is 0 Å². The highest BCUT2D eigenvalue weighted by atomic mass is 79.9. The molecule has 2 unspecified atom stereocenters. The lowest BCUT2D eigenvalue weighted by Gasteiger charge is -2.36. The van der Waals surface area contributed by atoms with E-state index >= 15 is 0 Å². The van der Waals surface area contributed by atoms with Gasteiger partial charge in [0, 0.05) is 29.7 Å². The second kappa shape index (κ2) is 7.97. The Morgan fingerprint density at radius 3 is 2.84 bits per heavy atom. The van der Waals surface area contributed by atoms with E-state index in [0.717, 1.165) is 28.2 Å². The number of nitrogens with one attached hydrogen (secondary N) is 1. The number of aliphatic imine (C=N–C) groups is 1. The Balaban J connectivity index is 1.88. The van der Waals surface area contributed by atoms with Gasteiger partial charge in [0.2, 0.25) is 0 Å². The van der Waals surface area contributed by atoms with Crippen LogP contribution in [0.15, 0.2) is 29.3 Å². The molecule has 0 spiro atoms. The Morgan fingerprint density at radius 2 is 2.12 bits per heavy atom. The molecule has 2 heterocycles. The van der Waals surface area contributed by atoms with E-state index < -0.39 is 18.2 Å². The number of thioether (sulfide) groups is 1. The molecule has 0 saturated carbocycles. The van der Waals surface area contributed by atoms with Crippen molar-refractivity contribution in [1.82, 2.24) is 15.1 Å². The van der Waals surface area contributed by atoms with E-state index in [-0.39, 0.29) is 5.91 Å². The SMILES string of the molecule is CN1C(=O)NC(=O)C2C1N=C(SCCCBr)N2Cc1ccccc1Cl. The van der Waals surface area contributed by atoms with Gasteiger partial charge in [-0.1, -0.05) is 57.5 Å². The van der Waals surface area contributed by atoms with Gasteiger partial charge < -0.3 is 9.80 Å². The molecule has 6 nitrogen and oxygen atoms in total. The Labute approximate surface area is 164 Å². The number of amidine groups is 1. The van der Waals surface area contributed by atoms with E-state index in [4.69, 9.17) is 11.6 Å². The summed E-state index contributed by atoms with van der Waals surface area (Å²) < 4.78 is 0. The number of urea groups is 1. The first-order valence-electron chi connectivity index (χ1n) is 7.87. The lowest BCUT2D eigenvalue weighted by molar-refractivity contribution is -0.127. The molecule has 2 atom stereocenters. The molecule has 2 aliphatic rings. The fraction of sp³-hybridized carbons (Fsp3) is 0.438. The number of amides is 3. The van der Waals surface area contributed by atoms with E-state index in [1.165, 1.54) is 4.90 Å². The first kappa shape index (κ1) is 18.5. The third-order valence-electron chi connectivity index (χ3n) is 4.13. The molecule has 9 heteroatoms. The number of likely N-dealkylation sites (N-methyl/N-ethyl adjacent to an activating group) is 1. The monoisotopic (exact) mass is 444 g/mol. The zero-order valence-corrected chi connectivity index (χ0v) is 16.8. The van der Waals surface area contributed by atoms with Gasteiger partial charge in [0.05, 0.1) is 0 Å². The van der Waals surface area contributed by atoms with Crippen LogP contribution < -0.4 is 5.32 Å². The number of fused-ring (bicyclic) bond motifs is 1. The smallest absolute Gasteiger partial charge is 0.325 e. The van der Waals surface area contributed by atoms with Gasteiger partial charge in [0.25, 0.3) is 5.91 Å². The molecule has 0 aromatic heterocycles. The summed E-state index contributed by atoms with van der Waals surface area (Å²) in [5, 5.41) is 4.73. The zero-order valence-electron chi connectivity index (χ0n) is 13.6. The predicted octanol–water partition coefficient (Wildman–Crippen LogP) is 2.91. The molecule has 1 saturated heterocycles. The van der Waals surface area contributed by atoms with Crippen molar-refractivity contribution in [2.75, 3.05) is 18.1 Å². The summed E-state index contributed by atoms with van der Waals surface area (Å²) in [6, 6.07) is 6.60. The molecule has 1 fully saturated rings. The lowest BCUT2D eigenvalue weighted by Crippen LogP contribution is -2.63. The molecular weight excluding hydrogens is 428 g/mol. The summed E-state index contributed by atoms with van der Waals surface area (Å²) in [5.41, 5.74) is 0.922. The number of benzene rings is 1. The van der Waals surface area contributed by atoms with Crippen molar-refractivity contribution >= 4 is 56.4 Å². The van der Waals surface area contributed by atoms with Crippen LogP contribution in [0.2, 0.25) is 5.02 Å². The van der Waals surface area contributed by atoms with E-state index in [1.807, 2.05) is 29.2 Å². The number of carbonyl (C=O) groups excluding carboxylic acids is 2. The molecule has 25 heavy (non-hydrogen) atoms. The zero-order chi connectivity index (χ0) is 18.0.